The Balaban J connectivity index is 0.00000320. The number of morpholine rings is 1. The highest BCUT2D eigenvalue weighted by Gasteiger charge is 2.12. The maximum absolute atomic E-state index is 5.72. The molecule has 2 N–H and O–H groups in total. The molecular formula is C23H33IN4O2. The van der Waals surface area contributed by atoms with Crippen molar-refractivity contribution in [2.24, 2.45) is 4.99 Å². The van der Waals surface area contributed by atoms with E-state index in [0.717, 1.165) is 45.4 Å². The number of benzene rings is 2. The van der Waals surface area contributed by atoms with Crippen molar-refractivity contribution in [2.75, 3.05) is 46.5 Å². The van der Waals surface area contributed by atoms with Gasteiger partial charge in [-0.15, -0.1) is 24.0 Å². The molecule has 0 bridgehead atoms. The lowest BCUT2D eigenvalue weighted by Gasteiger charge is -2.27. The van der Waals surface area contributed by atoms with Crippen LogP contribution in [0.3, 0.4) is 0 Å². The zero-order valence-corrected chi connectivity index (χ0v) is 20.0. The first-order valence-electron chi connectivity index (χ1n) is 10.3. The maximum atomic E-state index is 5.72. The van der Waals surface area contributed by atoms with Gasteiger partial charge in [0.15, 0.2) is 5.96 Å². The minimum Gasteiger partial charge on any atom is -0.379 e. The molecule has 164 valence electrons. The van der Waals surface area contributed by atoms with Gasteiger partial charge in [0, 0.05) is 39.8 Å². The zero-order chi connectivity index (χ0) is 20.2. The first-order valence-corrected chi connectivity index (χ1v) is 10.3. The summed E-state index contributed by atoms with van der Waals surface area (Å²) < 4.78 is 11.2. The fraction of sp³-hybridized carbons (Fsp3) is 0.435. The molecule has 2 aromatic carbocycles. The number of guanidine groups is 1. The minimum absolute atomic E-state index is 0. The van der Waals surface area contributed by atoms with Crippen LogP contribution in [0.1, 0.15) is 16.7 Å². The fourth-order valence-electron chi connectivity index (χ4n) is 3.29. The van der Waals surface area contributed by atoms with Crippen LogP contribution >= 0.6 is 24.0 Å². The molecule has 0 unspecified atom stereocenters. The second-order valence-electron chi connectivity index (χ2n) is 7.05. The summed E-state index contributed by atoms with van der Waals surface area (Å²) in [7, 11) is 1.79. The lowest BCUT2D eigenvalue weighted by molar-refractivity contribution is 0.0341. The SMILES string of the molecule is CN=C(NCCOCc1ccccc1)NCc1ccccc1CN1CCOCC1.I. The zero-order valence-electron chi connectivity index (χ0n) is 17.7. The molecule has 1 aliphatic rings. The van der Waals surface area contributed by atoms with Crippen LogP contribution in [0.4, 0.5) is 0 Å². The van der Waals surface area contributed by atoms with E-state index < -0.39 is 0 Å². The number of aliphatic imine (C=N–C) groups is 1. The molecule has 0 radical (unpaired) electrons. The van der Waals surface area contributed by atoms with Crippen LogP contribution in [0, 0.1) is 0 Å². The van der Waals surface area contributed by atoms with Crippen LogP contribution in [-0.4, -0.2) is 57.4 Å². The van der Waals surface area contributed by atoms with E-state index in [1.165, 1.54) is 16.7 Å². The van der Waals surface area contributed by atoms with Crippen LogP contribution in [0.2, 0.25) is 0 Å². The van der Waals surface area contributed by atoms with E-state index in [1.54, 1.807) is 7.05 Å². The quantitative estimate of drug-likeness (QED) is 0.229. The van der Waals surface area contributed by atoms with Gasteiger partial charge >= 0.3 is 0 Å². The number of hydrogen-bond donors (Lipinski definition) is 2. The third-order valence-corrected chi connectivity index (χ3v) is 4.94. The molecule has 1 aliphatic heterocycles. The number of hydrogen-bond acceptors (Lipinski definition) is 4. The van der Waals surface area contributed by atoms with Crippen molar-refractivity contribution in [3.63, 3.8) is 0 Å². The molecule has 0 amide bonds. The Morgan fingerprint density at radius 2 is 1.70 bits per heavy atom. The molecular weight excluding hydrogens is 491 g/mol. The largest absolute Gasteiger partial charge is 0.379 e. The summed E-state index contributed by atoms with van der Waals surface area (Å²) in [6, 6.07) is 18.8. The average Bonchev–Trinajstić information content (AvgIpc) is 2.78. The molecule has 3 rings (SSSR count). The molecule has 1 fully saturated rings. The topological polar surface area (TPSA) is 58.1 Å². The monoisotopic (exact) mass is 524 g/mol. The first-order chi connectivity index (χ1) is 14.3. The van der Waals surface area contributed by atoms with Crippen molar-refractivity contribution in [1.29, 1.82) is 0 Å². The van der Waals surface area contributed by atoms with E-state index in [0.29, 0.717) is 19.8 Å². The smallest absolute Gasteiger partial charge is 0.191 e. The highest BCUT2D eigenvalue weighted by Crippen LogP contribution is 2.13. The number of ether oxygens (including phenoxy) is 2. The van der Waals surface area contributed by atoms with Crippen LogP contribution in [0.25, 0.3) is 0 Å². The highest BCUT2D eigenvalue weighted by atomic mass is 127. The van der Waals surface area contributed by atoms with Crippen molar-refractivity contribution < 1.29 is 9.47 Å². The normalized spacial score (nSPS) is 14.8. The van der Waals surface area contributed by atoms with Gasteiger partial charge in [-0.05, 0) is 16.7 Å². The number of nitrogens with zero attached hydrogens (tertiary/aromatic N) is 2. The van der Waals surface area contributed by atoms with Gasteiger partial charge in [-0.2, -0.15) is 0 Å². The summed E-state index contributed by atoms with van der Waals surface area (Å²) >= 11 is 0. The molecule has 7 heteroatoms. The van der Waals surface area contributed by atoms with E-state index in [1.807, 2.05) is 18.2 Å². The molecule has 30 heavy (non-hydrogen) atoms. The predicted molar refractivity (Wildman–Crippen MR) is 132 cm³/mol. The summed E-state index contributed by atoms with van der Waals surface area (Å²) in [5.41, 5.74) is 3.83. The molecule has 0 atom stereocenters. The maximum Gasteiger partial charge on any atom is 0.191 e. The Morgan fingerprint density at radius 1 is 1.00 bits per heavy atom. The Morgan fingerprint density at radius 3 is 2.43 bits per heavy atom. The molecule has 0 aliphatic carbocycles. The van der Waals surface area contributed by atoms with Gasteiger partial charge in [0.05, 0.1) is 26.4 Å². The van der Waals surface area contributed by atoms with Gasteiger partial charge in [-0.25, -0.2) is 0 Å². The van der Waals surface area contributed by atoms with Crippen molar-refractivity contribution in [3.05, 3.63) is 71.3 Å². The molecule has 1 saturated heterocycles. The van der Waals surface area contributed by atoms with E-state index in [-0.39, 0.29) is 24.0 Å². The van der Waals surface area contributed by atoms with Gasteiger partial charge in [0.2, 0.25) is 0 Å². The Kier molecular flexibility index (Phi) is 11.8. The average molecular weight is 524 g/mol. The van der Waals surface area contributed by atoms with E-state index >= 15 is 0 Å². The number of nitrogens with one attached hydrogen (secondary N) is 2. The standard InChI is InChI=1S/C23H32N4O2.HI/c1-24-23(25-11-14-29-19-20-7-3-2-4-8-20)26-17-21-9-5-6-10-22(21)18-27-12-15-28-16-13-27;/h2-10H,11-19H2,1H3,(H2,24,25,26);1H. The highest BCUT2D eigenvalue weighted by molar-refractivity contribution is 14.0. The van der Waals surface area contributed by atoms with Crippen LogP contribution in [-0.2, 0) is 29.2 Å². The fourth-order valence-corrected chi connectivity index (χ4v) is 3.29. The summed E-state index contributed by atoms with van der Waals surface area (Å²) in [5.74, 6) is 0.787. The van der Waals surface area contributed by atoms with Gasteiger partial charge in [-0.1, -0.05) is 54.6 Å². The van der Waals surface area contributed by atoms with E-state index in [2.05, 4.69) is 56.9 Å². The van der Waals surface area contributed by atoms with Gasteiger partial charge < -0.3 is 20.1 Å². The Labute approximate surface area is 197 Å². The van der Waals surface area contributed by atoms with Gasteiger partial charge in [0.25, 0.3) is 0 Å². The summed E-state index contributed by atoms with van der Waals surface area (Å²) in [5, 5.41) is 6.73. The Bertz CT molecular complexity index is 752. The van der Waals surface area contributed by atoms with Crippen molar-refractivity contribution in [3.8, 4) is 0 Å². The summed E-state index contributed by atoms with van der Waals surface area (Å²) in [4.78, 5) is 6.76. The molecule has 6 nitrogen and oxygen atoms in total. The van der Waals surface area contributed by atoms with Gasteiger partial charge in [0.1, 0.15) is 0 Å². The first kappa shape index (κ1) is 24.6. The third-order valence-electron chi connectivity index (χ3n) is 4.94. The van der Waals surface area contributed by atoms with Crippen molar-refractivity contribution in [2.45, 2.75) is 19.7 Å². The number of halogens is 1. The number of rotatable bonds is 9. The van der Waals surface area contributed by atoms with E-state index in [9.17, 15) is 0 Å². The second-order valence-corrected chi connectivity index (χ2v) is 7.05. The molecule has 0 spiro atoms. The van der Waals surface area contributed by atoms with Crippen LogP contribution < -0.4 is 10.6 Å². The third kappa shape index (κ3) is 8.59. The van der Waals surface area contributed by atoms with Gasteiger partial charge in [-0.3, -0.25) is 9.89 Å². The minimum atomic E-state index is 0. The Hall–Kier alpha value is -1.68. The van der Waals surface area contributed by atoms with E-state index in [4.69, 9.17) is 9.47 Å². The van der Waals surface area contributed by atoms with Crippen LogP contribution in [0.15, 0.2) is 59.6 Å². The molecule has 1 heterocycles. The predicted octanol–water partition coefficient (Wildman–Crippen LogP) is 3.02. The molecule has 2 aromatic rings. The van der Waals surface area contributed by atoms with Crippen LogP contribution in [0.5, 0.6) is 0 Å². The second kappa shape index (κ2) is 14.3. The molecule has 0 aromatic heterocycles. The summed E-state index contributed by atoms with van der Waals surface area (Å²) in [6.45, 7) is 7.30. The lowest BCUT2D eigenvalue weighted by atomic mass is 10.1. The summed E-state index contributed by atoms with van der Waals surface area (Å²) in [6.07, 6.45) is 0. The molecule has 0 saturated carbocycles. The van der Waals surface area contributed by atoms with Crippen molar-refractivity contribution >= 4 is 29.9 Å². The van der Waals surface area contributed by atoms with Crippen molar-refractivity contribution in [1.82, 2.24) is 15.5 Å². The lowest BCUT2D eigenvalue weighted by Crippen LogP contribution is -2.39.